The second-order valence-electron chi connectivity index (χ2n) is 9.25. The van der Waals surface area contributed by atoms with Crippen molar-refractivity contribution in [1.82, 2.24) is 29.7 Å². The van der Waals surface area contributed by atoms with E-state index in [1.54, 1.807) is 6.33 Å². The van der Waals surface area contributed by atoms with E-state index in [0.29, 0.717) is 19.6 Å². The summed E-state index contributed by atoms with van der Waals surface area (Å²) in [6.45, 7) is 11.0. The number of ether oxygens (including phenoxy) is 2. The molecule has 9 heteroatoms. The zero-order valence-corrected chi connectivity index (χ0v) is 20.9. The van der Waals surface area contributed by atoms with E-state index in [9.17, 15) is 0 Å². The van der Waals surface area contributed by atoms with Gasteiger partial charge in [0.15, 0.2) is 11.6 Å². The summed E-state index contributed by atoms with van der Waals surface area (Å²) in [5, 5.41) is 9.19. The van der Waals surface area contributed by atoms with Crippen molar-refractivity contribution in [3.63, 3.8) is 0 Å². The first-order chi connectivity index (χ1) is 16.9. The minimum atomic E-state index is -0.140. The highest BCUT2D eigenvalue weighted by molar-refractivity contribution is 5.89. The summed E-state index contributed by atoms with van der Waals surface area (Å²) < 4.78 is 13.8. The summed E-state index contributed by atoms with van der Waals surface area (Å²) in [4.78, 5) is 16.7. The molecule has 0 N–H and O–H groups in total. The molecule has 0 aliphatic carbocycles. The summed E-state index contributed by atoms with van der Waals surface area (Å²) in [7, 11) is 1.93. The first kappa shape index (κ1) is 23.2. The van der Waals surface area contributed by atoms with E-state index >= 15 is 0 Å². The predicted molar refractivity (Wildman–Crippen MR) is 135 cm³/mol. The van der Waals surface area contributed by atoms with Crippen molar-refractivity contribution in [2.24, 2.45) is 7.05 Å². The lowest BCUT2D eigenvalue weighted by molar-refractivity contribution is -0.0447. The molecule has 4 heterocycles. The van der Waals surface area contributed by atoms with Gasteiger partial charge in [-0.1, -0.05) is 12.1 Å². The van der Waals surface area contributed by atoms with Gasteiger partial charge in [-0.25, -0.2) is 15.0 Å². The Morgan fingerprint density at radius 3 is 2.63 bits per heavy atom. The number of pyridine rings is 1. The molecule has 3 aromatic heterocycles. The van der Waals surface area contributed by atoms with Crippen LogP contribution in [0.25, 0.3) is 22.3 Å². The molecule has 9 nitrogen and oxygen atoms in total. The molecule has 1 aliphatic heterocycles. The number of aryl methyl sites for hydroxylation is 2. The van der Waals surface area contributed by atoms with Crippen LogP contribution in [-0.2, 0) is 18.2 Å². The fourth-order valence-corrected chi connectivity index (χ4v) is 4.69. The highest BCUT2D eigenvalue weighted by Gasteiger charge is 2.41. The van der Waals surface area contributed by atoms with Crippen LogP contribution in [0, 0.1) is 6.92 Å². The van der Waals surface area contributed by atoms with Crippen molar-refractivity contribution in [3.8, 4) is 17.1 Å². The highest BCUT2D eigenvalue weighted by atomic mass is 16.5. The SMILES string of the molecule is CCOc1cc(-c2nncn2C)ccc1Cc1ncc2cc(C)nc(N3CC(C)(OCC)C3)c2n1. The lowest BCUT2D eigenvalue weighted by Gasteiger charge is -2.48. The van der Waals surface area contributed by atoms with Gasteiger partial charge in [0.1, 0.15) is 29.0 Å². The minimum absolute atomic E-state index is 0.140. The smallest absolute Gasteiger partial charge is 0.163 e. The number of aromatic nitrogens is 6. The molecule has 0 amide bonds. The maximum atomic E-state index is 5.98. The van der Waals surface area contributed by atoms with Gasteiger partial charge >= 0.3 is 0 Å². The quantitative estimate of drug-likeness (QED) is 0.382. The zero-order chi connectivity index (χ0) is 24.6. The Morgan fingerprint density at radius 1 is 1.09 bits per heavy atom. The Kier molecular flexibility index (Phi) is 6.10. The third-order valence-corrected chi connectivity index (χ3v) is 6.25. The van der Waals surface area contributed by atoms with Crippen LogP contribution in [0.15, 0.2) is 36.8 Å². The van der Waals surface area contributed by atoms with Crippen molar-refractivity contribution < 1.29 is 9.47 Å². The van der Waals surface area contributed by atoms with Crippen LogP contribution in [0.3, 0.4) is 0 Å². The zero-order valence-electron chi connectivity index (χ0n) is 20.9. The first-order valence-electron chi connectivity index (χ1n) is 12.0. The molecule has 1 aliphatic rings. The summed E-state index contributed by atoms with van der Waals surface area (Å²) in [6, 6.07) is 8.13. The van der Waals surface area contributed by atoms with Gasteiger partial charge in [-0.05, 0) is 39.8 Å². The van der Waals surface area contributed by atoms with E-state index in [1.807, 2.05) is 56.8 Å². The van der Waals surface area contributed by atoms with Crippen molar-refractivity contribution in [1.29, 1.82) is 0 Å². The predicted octanol–water partition coefficient (Wildman–Crippen LogP) is 3.73. The van der Waals surface area contributed by atoms with E-state index < -0.39 is 0 Å². The van der Waals surface area contributed by atoms with Gasteiger partial charge in [0.2, 0.25) is 0 Å². The monoisotopic (exact) mass is 473 g/mol. The topological polar surface area (TPSA) is 91.1 Å². The molecule has 5 rings (SSSR count). The molecular formula is C26H31N7O2. The molecule has 35 heavy (non-hydrogen) atoms. The van der Waals surface area contributed by atoms with Crippen molar-refractivity contribution in [3.05, 3.63) is 53.9 Å². The van der Waals surface area contributed by atoms with E-state index in [4.69, 9.17) is 19.4 Å². The minimum Gasteiger partial charge on any atom is -0.494 e. The fourth-order valence-electron chi connectivity index (χ4n) is 4.69. The summed E-state index contributed by atoms with van der Waals surface area (Å²) >= 11 is 0. The average molecular weight is 474 g/mol. The second kappa shape index (κ2) is 9.22. The Morgan fingerprint density at radius 2 is 1.91 bits per heavy atom. The molecule has 182 valence electrons. The molecule has 0 unspecified atom stereocenters. The van der Waals surface area contributed by atoms with Crippen LogP contribution < -0.4 is 9.64 Å². The Labute approximate surface area is 205 Å². The van der Waals surface area contributed by atoms with Crippen LogP contribution in [-0.4, -0.2) is 61.6 Å². The molecule has 0 radical (unpaired) electrons. The van der Waals surface area contributed by atoms with Crippen LogP contribution in [0.1, 0.15) is 37.9 Å². The summed E-state index contributed by atoms with van der Waals surface area (Å²) in [5.74, 6) is 3.21. The molecule has 0 saturated carbocycles. The number of benzene rings is 1. The van der Waals surface area contributed by atoms with Crippen molar-refractivity contribution in [2.75, 3.05) is 31.2 Å². The Bertz CT molecular complexity index is 1360. The number of nitrogens with zero attached hydrogens (tertiary/aromatic N) is 7. The van der Waals surface area contributed by atoms with Crippen molar-refractivity contribution >= 4 is 16.7 Å². The lowest BCUT2D eigenvalue weighted by atomic mass is 9.96. The second-order valence-corrected chi connectivity index (χ2v) is 9.25. The van der Waals surface area contributed by atoms with E-state index in [0.717, 1.165) is 64.0 Å². The largest absolute Gasteiger partial charge is 0.494 e. The number of hydrogen-bond acceptors (Lipinski definition) is 8. The van der Waals surface area contributed by atoms with E-state index in [-0.39, 0.29) is 5.60 Å². The molecule has 4 aromatic rings. The van der Waals surface area contributed by atoms with Gasteiger partial charge in [0.05, 0.1) is 19.7 Å². The van der Waals surface area contributed by atoms with Gasteiger partial charge in [0.25, 0.3) is 0 Å². The average Bonchev–Trinajstić information content (AvgIpc) is 3.24. The summed E-state index contributed by atoms with van der Waals surface area (Å²) in [5.41, 5.74) is 3.65. The normalized spacial score (nSPS) is 14.8. The van der Waals surface area contributed by atoms with E-state index in [2.05, 4.69) is 33.1 Å². The molecular weight excluding hydrogens is 442 g/mol. The van der Waals surface area contributed by atoms with Crippen LogP contribution >= 0.6 is 0 Å². The van der Waals surface area contributed by atoms with Gasteiger partial charge in [-0.3, -0.25) is 0 Å². The van der Waals surface area contributed by atoms with Crippen LogP contribution in [0.4, 0.5) is 5.82 Å². The maximum absolute atomic E-state index is 5.98. The standard InChI is InChI=1S/C26H31N7O2/c1-6-34-21-11-19(24-31-28-16-32(24)5)9-8-18(21)12-22-27-13-20-10-17(3)29-25(23(20)30-22)33-14-26(4,15-33)35-7-2/h8-11,13,16H,6-7,12,14-15H2,1-5H3. The number of fused-ring (bicyclic) bond motifs is 1. The Hall–Kier alpha value is -3.59. The number of hydrogen-bond donors (Lipinski definition) is 0. The van der Waals surface area contributed by atoms with Gasteiger partial charge in [-0.2, -0.15) is 0 Å². The van der Waals surface area contributed by atoms with Crippen molar-refractivity contribution in [2.45, 2.75) is 39.7 Å². The molecule has 0 spiro atoms. The first-order valence-corrected chi connectivity index (χ1v) is 12.0. The number of anilines is 1. The molecule has 0 bridgehead atoms. The summed E-state index contributed by atoms with van der Waals surface area (Å²) in [6.07, 6.45) is 4.13. The molecule has 1 fully saturated rings. The van der Waals surface area contributed by atoms with Gasteiger partial charge in [-0.15, -0.1) is 10.2 Å². The number of rotatable bonds is 8. The maximum Gasteiger partial charge on any atom is 0.163 e. The Balaban J connectivity index is 1.47. The van der Waals surface area contributed by atoms with E-state index in [1.165, 1.54) is 0 Å². The molecule has 1 saturated heterocycles. The lowest BCUT2D eigenvalue weighted by Crippen LogP contribution is -2.62. The highest BCUT2D eigenvalue weighted by Crippen LogP contribution is 2.34. The molecule has 0 atom stereocenters. The van der Waals surface area contributed by atoms with Gasteiger partial charge in [0, 0.05) is 48.5 Å². The van der Waals surface area contributed by atoms with Crippen LogP contribution in [0.5, 0.6) is 5.75 Å². The third-order valence-electron chi connectivity index (χ3n) is 6.25. The van der Waals surface area contributed by atoms with Gasteiger partial charge < -0.3 is 18.9 Å². The third kappa shape index (κ3) is 4.55. The van der Waals surface area contributed by atoms with Crippen LogP contribution in [0.2, 0.25) is 0 Å². The fraction of sp³-hybridized carbons (Fsp3) is 0.423. The molecule has 1 aromatic carbocycles.